The first-order chi connectivity index (χ1) is 14.2. The fourth-order valence-corrected chi connectivity index (χ4v) is 3.98. The number of morpholine rings is 1. The van der Waals surface area contributed by atoms with E-state index >= 15 is 0 Å². The van der Waals surface area contributed by atoms with Gasteiger partial charge in [0.1, 0.15) is 6.10 Å². The molecule has 0 bridgehead atoms. The molecule has 1 saturated heterocycles. The maximum atomic E-state index is 13.2. The standard InChI is InChI=1S/C25H24ClNO2/c26-22-13-11-21(12-14-22)24-18-27(15-16-29-24)25(28)17-23(19-7-3-1-4-8-19)20-9-5-2-6-10-20/h1-14,23-24H,15-18H2. The first-order valence-electron chi connectivity index (χ1n) is 9.95. The number of halogens is 1. The molecule has 3 nitrogen and oxygen atoms in total. The molecule has 1 aliphatic heterocycles. The van der Waals surface area contributed by atoms with Gasteiger partial charge in [-0.3, -0.25) is 4.79 Å². The summed E-state index contributed by atoms with van der Waals surface area (Å²) in [6.45, 7) is 1.73. The van der Waals surface area contributed by atoms with Crippen LogP contribution >= 0.6 is 11.6 Å². The fourth-order valence-electron chi connectivity index (χ4n) is 3.86. The van der Waals surface area contributed by atoms with Crippen LogP contribution in [0.15, 0.2) is 84.9 Å². The summed E-state index contributed by atoms with van der Waals surface area (Å²) in [6.07, 6.45) is 0.332. The van der Waals surface area contributed by atoms with Crippen LogP contribution < -0.4 is 0 Å². The minimum atomic E-state index is -0.114. The maximum Gasteiger partial charge on any atom is 0.223 e. The summed E-state index contributed by atoms with van der Waals surface area (Å²) >= 11 is 6.00. The van der Waals surface area contributed by atoms with Crippen molar-refractivity contribution in [3.63, 3.8) is 0 Å². The van der Waals surface area contributed by atoms with Crippen LogP contribution in [0.5, 0.6) is 0 Å². The van der Waals surface area contributed by atoms with Crippen molar-refractivity contribution < 1.29 is 9.53 Å². The van der Waals surface area contributed by atoms with Crippen LogP contribution in [-0.2, 0) is 9.53 Å². The minimum absolute atomic E-state index is 0.0433. The molecule has 4 heteroatoms. The van der Waals surface area contributed by atoms with Crippen molar-refractivity contribution >= 4 is 17.5 Å². The molecule has 1 heterocycles. The Morgan fingerprint density at radius 1 is 0.931 bits per heavy atom. The highest BCUT2D eigenvalue weighted by atomic mass is 35.5. The van der Waals surface area contributed by atoms with E-state index in [0.717, 1.165) is 16.7 Å². The van der Waals surface area contributed by atoms with E-state index in [9.17, 15) is 4.79 Å². The molecule has 0 saturated carbocycles. The average molecular weight is 406 g/mol. The zero-order valence-corrected chi connectivity index (χ0v) is 17.0. The third kappa shape index (κ3) is 4.87. The molecule has 0 spiro atoms. The van der Waals surface area contributed by atoms with Crippen molar-refractivity contribution in [3.8, 4) is 0 Å². The molecule has 29 heavy (non-hydrogen) atoms. The van der Waals surface area contributed by atoms with E-state index in [0.29, 0.717) is 31.1 Å². The molecule has 1 amide bonds. The summed E-state index contributed by atoms with van der Waals surface area (Å²) in [5.74, 6) is 0.201. The van der Waals surface area contributed by atoms with Gasteiger partial charge in [-0.15, -0.1) is 0 Å². The van der Waals surface area contributed by atoms with Gasteiger partial charge < -0.3 is 9.64 Å². The number of carbonyl (C=O) groups is 1. The summed E-state index contributed by atoms with van der Waals surface area (Å²) in [7, 11) is 0. The van der Waals surface area contributed by atoms with Crippen molar-refractivity contribution in [2.24, 2.45) is 0 Å². The summed E-state index contributed by atoms with van der Waals surface area (Å²) in [4.78, 5) is 15.2. The number of rotatable bonds is 5. The van der Waals surface area contributed by atoms with Gasteiger partial charge in [0.25, 0.3) is 0 Å². The van der Waals surface area contributed by atoms with Gasteiger partial charge in [-0.1, -0.05) is 84.4 Å². The van der Waals surface area contributed by atoms with Gasteiger partial charge in [0.2, 0.25) is 5.91 Å². The SMILES string of the molecule is O=C(CC(c1ccccc1)c1ccccc1)N1CCOC(c2ccc(Cl)cc2)C1. The van der Waals surface area contributed by atoms with Crippen LogP contribution in [-0.4, -0.2) is 30.5 Å². The zero-order chi connectivity index (χ0) is 20.1. The maximum absolute atomic E-state index is 13.2. The van der Waals surface area contributed by atoms with Gasteiger partial charge in [0, 0.05) is 23.9 Å². The highest BCUT2D eigenvalue weighted by molar-refractivity contribution is 6.30. The Kier molecular flexibility index (Phi) is 6.28. The molecule has 4 rings (SSSR count). The third-order valence-corrected chi connectivity index (χ3v) is 5.70. The number of ether oxygens (including phenoxy) is 1. The molecule has 148 valence electrons. The van der Waals surface area contributed by atoms with Crippen LogP contribution in [0.25, 0.3) is 0 Å². The highest BCUT2D eigenvalue weighted by Gasteiger charge is 2.28. The predicted octanol–water partition coefficient (Wildman–Crippen LogP) is 5.46. The molecule has 0 radical (unpaired) electrons. The van der Waals surface area contributed by atoms with Crippen LogP contribution in [0.4, 0.5) is 0 Å². The molecule has 0 aliphatic carbocycles. The predicted molar refractivity (Wildman–Crippen MR) is 116 cm³/mol. The molecule has 0 aromatic heterocycles. The van der Waals surface area contributed by atoms with Crippen LogP contribution in [0.3, 0.4) is 0 Å². The second-order valence-corrected chi connectivity index (χ2v) is 7.77. The molecule has 1 aliphatic rings. The Hall–Kier alpha value is -2.62. The van der Waals surface area contributed by atoms with Gasteiger partial charge in [0.05, 0.1) is 13.2 Å². The van der Waals surface area contributed by atoms with E-state index < -0.39 is 0 Å². The van der Waals surface area contributed by atoms with Gasteiger partial charge in [0.15, 0.2) is 0 Å². The summed E-state index contributed by atoms with van der Waals surface area (Å²) in [5.41, 5.74) is 3.37. The molecule has 3 aromatic carbocycles. The smallest absolute Gasteiger partial charge is 0.223 e. The normalized spacial score (nSPS) is 16.8. The Bertz CT molecular complexity index is 889. The van der Waals surface area contributed by atoms with Gasteiger partial charge in [-0.25, -0.2) is 0 Å². The van der Waals surface area contributed by atoms with E-state index in [4.69, 9.17) is 16.3 Å². The fraction of sp³-hybridized carbons (Fsp3) is 0.240. The Labute approximate surface area is 176 Å². The van der Waals surface area contributed by atoms with Crippen molar-refractivity contribution in [1.29, 1.82) is 0 Å². The number of carbonyl (C=O) groups excluding carboxylic acids is 1. The topological polar surface area (TPSA) is 29.5 Å². The molecule has 1 atom stereocenters. The summed E-state index contributed by atoms with van der Waals surface area (Å²) < 4.78 is 5.92. The summed E-state index contributed by atoms with van der Waals surface area (Å²) in [6, 6.07) is 28.2. The Balaban J connectivity index is 1.50. The second kappa shape index (κ2) is 9.25. The highest BCUT2D eigenvalue weighted by Crippen LogP contribution is 2.30. The quantitative estimate of drug-likeness (QED) is 0.563. The number of benzene rings is 3. The first kappa shape index (κ1) is 19.7. The Morgan fingerprint density at radius 2 is 1.52 bits per heavy atom. The van der Waals surface area contributed by atoms with Crippen LogP contribution in [0.2, 0.25) is 5.02 Å². The van der Waals surface area contributed by atoms with E-state index in [1.54, 1.807) is 0 Å². The molecule has 1 fully saturated rings. The van der Waals surface area contributed by atoms with E-state index in [2.05, 4.69) is 24.3 Å². The number of nitrogens with zero attached hydrogens (tertiary/aromatic N) is 1. The lowest BCUT2D eigenvalue weighted by Crippen LogP contribution is -2.42. The Morgan fingerprint density at radius 3 is 2.10 bits per heavy atom. The monoisotopic (exact) mass is 405 g/mol. The van der Waals surface area contributed by atoms with Crippen molar-refractivity contribution in [3.05, 3.63) is 107 Å². The zero-order valence-electron chi connectivity index (χ0n) is 16.2. The molecular formula is C25H24ClNO2. The molecule has 3 aromatic rings. The molecular weight excluding hydrogens is 382 g/mol. The largest absolute Gasteiger partial charge is 0.370 e. The molecule has 0 N–H and O–H groups in total. The van der Waals surface area contributed by atoms with Crippen molar-refractivity contribution in [2.45, 2.75) is 18.4 Å². The van der Waals surface area contributed by atoms with Gasteiger partial charge in [-0.05, 0) is 28.8 Å². The number of amides is 1. The van der Waals surface area contributed by atoms with Crippen molar-refractivity contribution in [2.75, 3.05) is 19.7 Å². The lowest BCUT2D eigenvalue weighted by atomic mass is 9.88. The van der Waals surface area contributed by atoms with Crippen LogP contribution in [0.1, 0.15) is 35.1 Å². The first-order valence-corrected chi connectivity index (χ1v) is 10.3. The lowest BCUT2D eigenvalue weighted by molar-refractivity contribution is -0.139. The van der Waals surface area contributed by atoms with Gasteiger partial charge in [-0.2, -0.15) is 0 Å². The van der Waals surface area contributed by atoms with E-state index in [1.807, 2.05) is 65.6 Å². The lowest BCUT2D eigenvalue weighted by Gasteiger charge is -2.34. The second-order valence-electron chi connectivity index (χ2n) is 7.33. The average Bonchev–Trinajstić information content (AvgIpc) is 2.79. The van der Waals surface area contributed by atoms with Gasteiger partial charge >= 0.3 is 0 Å². The minimum Gasteiger partial charge on any atom is -0.370 e. The van der Waals surface area contributed by atoms with E-state index in [1.165, 1.54) is 0 Å². The van der Waals surface area contributed by atoms with Crippen molar-refractivity contribution in [1.82, 2.24) is 4.90 Å². The number of hydrogen-bond donors (Lipinski definition) is 0. The third-order valence-electron chi connectivity index (χ3n) is 5.44. The summed E-state index contributed by atoms with van der Waals surface area (Å²) in [5, 5.41) is 0.700. The van der Waals surface area contributed by atoms with Crippen LogP contribution in [0, 0.1) is 0 Å². The number of hydrogen-bond acceptors (Lipinski definition) is 2. The molecule has 1 unspecified atom stereocenters. The van der Waals surface area contributed by atoms with E-state index in [-0.39, 0.29) is 17.9 Å².